The number of hydrogen-bond acceptors (Lipinski definition) is 4. The zero-order chi connectivity index (χ0) is 12.6. The largest absolute Gasteiger partial charge is 0.492 e. The van der Waals surface area contributed by atoms with Gasteiger partial charge in [-0.15, -0.1) is 0 Å². The van der Waals surface area contributed by atoms with Gasteiger partial charge in [0.05, 0.1) is 11.0 Å². The maximum Gasteiger partial charge on any atom is 0.308 e. The van der Waals surface area contributed by atoms with Crippen LogP contribution in [0.1, 0.15) is 17.3 Å². The van der Waals surface area contributed by atoms with E-state index in [9.17, 15) is 9.59 Å². The van der Waals surface area contributed by atoms with Crippen molar-refractivity contribution in [2.75, 3.05) is 6.61 Å². The zero-order valence-electron chi connectivity index (χ0n) is 9.49. The molecule has 1 aliphatic heterocycles. The fourth-order valence-electron chi connectivity index (χ4n) is 1.61. The average Bonchev–Trinajstić information content (AvgIpc) is 2.23. The van der Waals surface area contributed by atoms with E-state index in [-0.39, 0.29) is 12.4 Å². The molecule has 0 atom stereocenters. The van der Waals surface area contributed by atoms with Crippen LogP contribution in [-0.2, 0) is 4.79 Å². The highest BCUT2D eigenvalue weighted by molar-refractivity contribution is 6.04. The third-order valence-corrected chi connectivity index (χ3v) is 2.44. The predicted octanol–water partition coefficient (Wildman–Crippen LogP) is 1.84. The van der Waals surface area contributed by atoms with Crippen LogP contribution in [0.3, 0.4) is 0 Å². The molecule has 0 aliphatic carbocycles. The third-order valence-electron chi connectivity index (χ3n) is 2.44. The van der Waals surface area contributed by atoms with Gasteiger partial charge >= 0.3 is 5.97 Å². The molecule has 1 aromatic carbocycles. The lowest BCUT2D eigenvalue weighted by Crippen LogP contribution is -2.36. The molecule has 1 heterocycles. The van der Waals surface area contributed by atoms with E-state index in [1.54, 1.807) is 12.1 Å². The fourth-order valence-corrected chi connectivity index (χ4v) is 1.61. The second kappa shape index (κ2) is 3.87. The molecule has 1 aromatic rings. The van der Waals surface area contributed by atoms with Gasteiger partial charge in [0.2, 0.25) is 0 Å². The molecule has 1 aliphatic rings. The first-order chi connectivity index (χ1) is 7.90. The lowest BCUT2D eigenvalue weighted by molar-refractivity contribution is -0.131. The Bertz CT molecular complexity index is 488. The number of carbonyl (C=O) groups is 2. The molecule has 2 rings (SSSR count). The molecule has 17 heavy (non-hydrogen) atoms. The third kappa shape index (κ3) is 2.16. The van der Waals surface area contributed by atoms with E-state index in [1.165, 1.54) is 13.0 Å². The molecular formula is C13H12O4. The molecule has 0 N–H and O–H groups in total. The molecule has 0 unspecified atom stereocenters. The van der Waals surface area contributed by atoms with Gasteiger partial charge in [0.25, 0.3) is 0 Å². The molecule has 0 spiro atoms. The Kier molecular flexibility index (Phi) is 2.65. The summed E-state index contributed by atoms with van der Waals surface area (Å²) < 4.78 is 10.3. The van der Waals surface area contributed by atoms with Gasteiger partial charge < -0.3 is 9.47 Å². The van der Waals surface area contributed by atoms with E-state index in [4.69, 9.17) is 9.47 Å². The minimum atomic E-state index is -1.00. The summed E-state index contributed by atoms with van der Waals surface area (Å²) in [6.45, 7) is 8.84. The number of hydrogen-bond donors (Lipinski definition) is 0. The van der Waals surface area contributed by atoms with Gasteiger partial charge in [0.1, 0.15) is 18.1 Å². The van der Waals surface area contributed by atoms with Crippen LogP contribution in [0.4, 0.5) is 0 Å². The van der Waals surface area contributed by atoms with Crippen molar-refractivity contribution in [3.8, 4) is 11.5 Å². The summed E-state index contributed by atoms with van der Waals surface area (Å²) in [6.07, 6.45) is 0. The molecule has 0 saturated heterocycles. The van der Waals surface area contributed by atoms with Gasteiger partial charge in [-0.05, 0) is 26.0 Å². The highest BCUT2D eigenvalue weighted by Crippen LogP contribution is 2.35. The number of rotatable bonds is 1. The molecule has 0 aromatic heterocycles. The van der Waals surface area contributed by atoms with Crippen molar-refractivity contribution in [1.82, 2.24) is 0 Å². The SMILES string of the molecule is [CH2]C1([CH2])COc2cc(OC(C)=O)ccc2C1=O. The van der Waals surface area contributed by atoms with Crippen molar-refractivity contribution in [2.45, 2.75) is 6.92 Å². The van der Waals surface area contributed by atoms with Gasteiger partial charge in [-0.25, -0.2) is 0 Å². The van der Waals surface area contributed by atoms with E-state index in [1.807, 2.05) is 0 Å². The van der Waals surface area contributed by atoms with Crippen LogP contribution in [0.15, 0.2) is 18.2 Å². The van der Waals surface area contributed by atoms with Crippen LogP contribution < -0.4 is 9.47 Å². The van der Waals surface area contributed by atoms with Crippen molar-refractivity contribution >= 4 is 11.8 Å². The van der Waals surface area contributed by atoms with Crippen molar-refractivity contribution in [3.63, 3.8) is 0 Å². The highest BCUT2D eigenvalue weighted by Gasteiger charge is 2.36. The van der Waals surface area contributed by atoms with E-state index in [2.05, 4.69) is 13.8 Å². The molecular weight excluding hydrogens is 220 g/mol. The van der Waals surface area contributed by atoms with Gasteiger partial charge in [0.15, 0.2) is 5.78 Å². The van der Waals surface area contributed by atoms with Crippen LogP contribution in [0.25, 0.3) is 0 Å². The molecule has 2 radical (unpaired) electrons. The average molecular weight is 232 g/mol. The Balaban J connectivity index is 2.36. The van der Waals surface area contributed by atoms with E-state index in [0.29, 0.717) is 17.1 Å². The molecule has 0 fully saturated rings. The second-order valence-corrected chi connectivity index (χ2v) is 4.15. The van der Waals surface area contributed by atoms with E-state index < -0.39 is 11.4 Å². The van der Waals surface area contributed by atoms with Crippen LogP contribution in [0.5, 0.6) is 11.5 Å². The van der Waals surface area contributed by atoms with Crippen molar-refractivity contribution in [1.29, 1.82) is 0 Å². The van der Waals surface area contributed by atoms with Gasteiger partial charge in [0, 0.05) is 13.0 Å². The minimum Gasteiger partial charge on any atom is -0.492 e. The zero-order valence-corrected chi connectivity index (χ0v) is 9.49. The number of ketones is 1. The Morgan fingerprint density at radius 1 is 1.47 bits per heavy atom. The molecule has 88 valence electrons. The van der Waals surface area contributed by atoms with Crippen molar-refractivity contribution in [2.24, 2.45) is 5.41 Å². The van der Waals surface area contributed by atoms with Crippen LogP contribution in [-0.4, -0.2) is 18.4 Å². The molecule has 0 amide bonds. The molecule has 0 bridgehead atoms. The standard InChI is InChI=1S/C13H12O4/c1-8(14)17-9-4-5-10-11(6-9)16-7-13(2,3)12(10)15/h4-6H,2-3,7H2,1H3. The second-order valence-electron chi connectivity index (χ2n) is 4.15. The maximum atomic E-state index is 12.0. The Labute approximate surface area is 99.5 Å². The first kappa shape index (κ1) is 11.6. The summed E-state index contributed by atoms with van der Waals surface area (Å²) in [5, 5.41) is 0. The maximum absolute atomic E-state index is 12.0. The summed E-state index contributed by atoms with van der Waals surface area (Å²) >= 11 is 0. The van der Waals surface area contributed by atoms with E-state index >= 15 is 0 Å². The highest BCUT2D eigenvalue weighted by atomic mass is 16.5. The quantitative estimate of drug-likeness (QED) is 0.547. The smallest absolute Gasteiger partial charge is 0.308 e. The Hall–Kier alpha value is -1.84. The number of carbonyl (C=O) groups excluding carboxylic acids is 2. The summed E-state index contributed by atoms with van der Waals surface area (Å²) in [6, 6.07) is 4.62. The summed E-state index contributed by atoms with van der Waals surface area (Å²) in [5.41, 5.74) is -0.590. The fraction of sp³-hybridized carbons (Fsp3) is 0.231. The summed E-state index contributed by atoms with van der Waals surface area (Å²) in [4.78, 5) is 22.8. The topological polar surface area (TPSA) is 52.6 Å². The number of Topliss-reactive ketones (excluding diaryl/α,β-unsaturated/α-hetero) is 1. The van der Waals surface area contributed by atoms with Gasteiger partial charge in [-0.1, -0.05) is 0 Å². The first-order valence-corrected chi connectivity index (χ1v) is 5.11. The minimum absolute atomic E-state index is 0.113. The molecule has 0 saturated carbocycles. The lowest BCUT2D eigenvalue weighted by Gasteiger charge is -2.29. The molecule has 4 nitrogen and oxygen atoms in total. The normalized spacial score (nSPS) is 17.0. The summed E-state index contributed by atoms with van der Waals surface area (Å²) in [7, 11) is 0. The first-order valence-electron chi connectivity index (χ1n) is 5.11. The predicted molar refractivity (Wildman–Crippen MR) is 60.7 cm³/mol. The van der Waals surface area contributed by atoms with Crippen molar-refractivity contribution < 1.29 is 19.1 Å². The summed E-state index contributed by atoms with van der Waals surface area (Å²) in [5.74, 6) is 0.158. The van der Waals surface area contributed by atoms with Crippen molar-refractivity contribution in [3.05, 3.63) is 37.6 Å². The van der Waals surface area contributed by atoms with E-state index in [0.717, 1.165) is 0 Å². The van der Waals surface area contributed by atoms with Crippen LogP contribution in [0, 0.1) is 19.3 Å². The van der Waals surface area contributed by atoms with Gasteiger partial charge in [-0.2, -0.15) is 0 Å². The van der Waals surface area contributed by atoms with Gasteiger partial charge in [-0.3, -0.25) is 9.59 Å². The monoisotopic (exact) mass is 232 g/mol. The number of benzene rings is 1. The Morgan fingerprint density at radius 2 is 2.18 bits per heavy atom. The van der Waals surface area contributed by atoms with Crippen LogP contribution in [0.2, 0.25) is 0 Å². The molecule has 4 heteroatoms. The number of esters is 1. The number of ether oxygens (including phenoxy) is 2. The lowest BCUT2D eigenvalue weighted by atomic mass is 9.83. The number of fused-ring (bicyclic) bond motifs is 1. The van der Waals surface area contributed by atoms with Crippen LogP contribution >= 0.6 is 0 Å². The Morgan fingerprint density at radius 3 is 2.82 bits per heavy atom.